The number of para-hydroxylation sites is 1. The largest absolute Gasteiger partial charge is 0.450 e. The molecule has 0 saturated heterocycles. The minimum Gasteiger partial charge on any atom is -0.450 e. The van der Waals surface area contributed by atoms with Gasteiger partial charge in [0.2, 0.25) is 5.91 Å². The van der Waals surface area contributed by atoms with Gasteiger partial charge in [0.25, 0.3) is 0 Å². The molecule has 2 amide bonds. The molecule has 1 atom stereocenters. The zero-order valence-corrected chi connectivity index (χ0v) is 15.2. The van der Waals surface area contributed by atoms with Crippen molar-refractivity contribution in [2.45, 2.75) is 33.4 Å². The van der Waals surface area contributed by atoms with E-state index in [0.29, 0.717) is 6.54 Å². The normalized spacial score (nSPS) is 12.2. The zero-order valence-electron chi connectivity index (χ0n) is 14.4. The molecule has 1 unspecified atom stereocenters. The topological polar surface area (TPSA) is 71.5 Å². The highest BCUT2D eigenvalue weighted by molar-refractivity contribution is 7.18. The lowest BCUT2D eigenvalue weighted by Gasteiger charge is -2.26. The maximum atomic E-state index is 12.7. The van der Waals surface area contributed by atoms with Gasteiger partial charge in [0.15, 0.2) is 0 Å². The van der Waals surface area contributed by atoms with Crippen molar-refractivity contribution in [3.05, 3.63) is 29.3 Å². The van der Waals surface area contributed by atoms with Crippen LogP contribution in [0.3, 0.4) is 0 Å². The van der Waals surface area contributed by atoms with Gasteiger partial charge in [-0.2, -0.15) is 0 Å². The molecular formula is C17H23N3O3S. The van der Waals surface area contributed by atoms with Gasteiger partial charge in [0, 0.05) is 7.05 Å². The molecule has 130 valence electrons. The van der Waals surface area contributed by atoms with Crippen molar-refractivity contribution >= 4 is 33.6 Å². The third-order valence-electron chi connectivity index (χ3n) is 3.57. The van der Waals surface area contributed by atoms with Gasteiger partial charge in [-0.05, 0) is 25.0 Å². The van der Waals surface area contributed by atoms with Gasteiger partial charge >= 0.3 is 6.09 Å². The van der Waals surface area contributed by atoms with Gasteiger partial charge in [-0.3, -0.25) is 4.79 Å². The number of carbonyl (C=O) groups excluding carboxylic acids is 2. The van der Waals surface area contributed by atoms with Crippen LogP contribution in [-0.4, -0.2) is 41.6 Å². The molecule has 7 heteroatoms. The van der Waals surface area contributed by atoms with Crippen LogP contribution in [0.5, 0.6) is 0 Å². The summed E-state index contributed by atoms with van der Waals surface area (Å²) in [5, 5.41) is 3.51. The quantitative estimate of drug-likeness (QED) is 0.870. The summed E-state index contributed by atoms with van der Waals surface area (Å²) in [6.07, 6.45) is -0.571. The summed E-state index contributed by atoms with van der Waals surface area (Å²) in [5.41, 5.74) is 0.934. The predicted octanol–water partition coefficient (Wildman–Crippen LogP) is 3.03. The summed E-state index contributed by atoms with van der Waals surface area (Å²) in [6, 6.07) is 7.26. The first-order chi connectivity index (χ1) is 11.4. The van der Waals surface area contributed by atoms with E-state index in [0.717, 1.165) is 15.2 Å². The molecule has 0 fully saturated rings. The second kappa shape index (κ2) is 8.10. The molecule has 0 saturated carbocycles. The number of rotatable bonds is 6. The number of likely N-dealkylation sites (N-methyl/N-ethyl adjacent to an activating group) is 1. The number of thiazole rings is 1. The lowest BCUT2D eigenvalue weighted by Crippen LogP contribution is -2.50. The van der Waals surface area contributed by atoms with Crippen LogP contribution in [0, 0.1) is 5.92 Å². The molecule has 0 aliphatic rings. The Bertz CT molecular complexity index is 681. The standard InChI is InChI=1S/C17H23N3O3S/c1-5-23-17(22)19-15(11(2)3)16(21)20(4)10-14-18-12-8-6-7-9-13(12)24-14/h6-9,11,15H,5,10H2,1-4H3,(H,19,22). The van der Waals surface area contributed by atoms with Gasteiger partial charge < -0.3 is 15.0 Å². The Balaban J connectivity index is 2.06. The summed E-state index contributed by atoms with van der Waals surface area (Å²) in [4.78, 5) is 30.5. The van der Waals surface area contributed by atoms with Crippen LogP contribution < -0.4 is 5.32 Å². The summed E-state index contributed by atoms with van der Waals surface area (Å²) in [5.74, 6) is -0.197. The lowest BCUT2D eigenvalue weighted by atomic mass is 10.0. The molecule has 2 aromatic rings. The van der Waals surface area contributed by atoms with E-state index in [4.69, 9.17) is 4.74 Å². The van der Waals surface area contributed by atoms with Crippen LogP contribution >= 0.6 is 11.3 Å². The van der Waals surface area contributed by atoms with Gasteiger partial charge in [-0.25, -0.2) is 9.78 Å². The number of amides is 2. The van der Waals surface area contributed by atoms with Crippen LogP contribution in [0.15, 0.2) is 24.3 Å². The van der Waals surface area contributed by atoms with Crippen molar-refractivity contribution in [2.75, 3.05) is 13.7 Å². The van der Waals surface area contributed by atoms with Crippen LogP contribution in [-0.2, 0) is 16.1 Å². The zero-order chi connectivity index (χ0) is 17.7. The highest BCUT2D eigenvalue weighted by Gasteiger charge is 2.27. The average Bonchev–Trinajstić information content (AvgIpc) is 2.94. The first-order valence-electron chi connectivity index (χ1n) is 7.95. The molecule has 24 heavy (non-hydrogen) atoms. The number of aromatic nitrogens is 1. The van der Waals surface area contributed by atoms with Gasteiger partial charge in [0.1, 0.15) is 11.0 Å². The fourth-order valence-electron chi connectivity index (χ4n) is 2.32. The van der Waals surface area contributed by atoms with Gasteiger partial charge in [-0.1, -0.05) is 26.0 Å². The average molecular weight is 349 g/mol. The smallest absolute Gasteiger partial charge is 0.407 e. The third kappa shape index (κ3) is 4.44. The number of carbonyl (C=O) groups is 2. The van der Waals surface area contributed by atoms with Crippen molar-refractivity contribution in [1.82, 2.24) is 15.2 Å². The van der Waals surface area contributed by atoms with Crippen molar-refractivity contribution in [3.8, 4) is 0 Å². The summed E-state index contributed by atoms with van der Waals surface area (Å²) >= 11 is 1.57. The monoisotopic (exact) mass is 349 g/mol. The predicted molar refractivity (Wildman–Crippen MR) is 94.9 cm³/mol. The third-order valence-corrected chi connectivity index (χ3v) is 4.59. The highest BCUT2D eigenvalue weighted by atomic mass is 32.1. The van der Waals surface area contributed by atoms with Crippen molar-refractivity contribution in [2.24, 2.45) is 5.92 Å². The van der Waals surface area contributed by atoms with E-state index in [2.05, 4.69) is 10.3 Å². The molecule has 1 aromatic heterocycles. The number of hydrogen-bond acceptors (Lipinski definition) is 5. The van der Waals surface area contributed by atoms with Crippen LogP contribution in [0.4, 0.5) is 4.79 Å². The molecule has 0 spiro atoms. The maximum Gasteiger partial charge on any atom is 0.407 e. The first kappa shape index (κ1) is 18.2. The lowest BCUT2D eigenvalue weighted by molar-refractivity contribution is -0.133. The minimum atomic E-state index is -0.622. The molecule has 0 bridgehead atoms. The molecule has 1 aromatic carbocycles. The maximum absolute atomic E-state index is 12.7. The molecule has 0 aliphatic carbocycles. The molecule has 6 nitrogen and oxygen atoms in total. The van der Waals surface area contributed by atoms with E-state index < -0.39 is 12.1 Å². The fraction of sp³-hybridized carbons (Fsp3) is 0.471. The van der Waals surface area contributed by atoms with Gasteiger partial charge in [-0.15, -0.1) is 11.3 Å². The van der Waals surface area contributed by atoms with E-state index in [1.165, 1.54) is 0 Å². The van der Waals surface area contributed by atoms with E-state index in [9.17, 15) is 9.59 Å². The second-order valence-electron chi connectivity index (χ2n) is 5.86. The Morgan fingerprint density at radius 2 is 2.04 bits per heavy atom. The Kier molecular flexibility index (Phi) is 6.14. The molecule has 0 aliphatic heterocycles. The van der Waals surface area contributed by atoms with Crippen LogP contribution in [0.25, 0.3) is 10.2 Å². The number of fused-ring (bicyclic) bond motifs is 1. The van der Waals surface area contributed by atoms with Crippen LogP contribution in [0.2, 0.25) is 0 Å². The molecule has 1 N–H and O–H groups in total. The van der Waals surface area contributed by atoms with Crippen LogP contribution in [0.1, 0.15) is 25.8 Å². The van der Waals surface area contributed by atoms with Crippen molar-refractivity contribution in [3.63, 3.8) is 0 Å². The number of nitrogens with zero attached hydrogens (tertiary/aromatic N) is 2. The summed E-state index contributed by atoms with van der Waals surface area (Å²) in [7, 11) is 1.72. The molecule has 1 heterocycles. The van der Waals surface area contributed by atoms with E-state index in [-0.39, 0.29) is 18.4 Å². The number of hydrogen-bond donors (Lipinski definition) is 1. The second-order valence-corrected chi connectivity index (χ2v) is 6.97. The molecule has 0 radical (unpaired) electrons. The molecule has 2 rings (SSSR count). The summed E-state index contributed by atoms with van der Waals surface area (Å²) < 4.78 is 5.98. The van der Waals surface area contributed by atoms with E-state index >= 15 is 0 Å². The van der Waals surface area contributed by atoms with E-state index in [1.807, 2.05) is 38.1 Å². The number of ether oxygens (including phenoxy) is 1. The van der Waals surface area contributed by atoms with Crippen molar-refractivity contribution in [1.29, 1.82) is 0 Å². The first-order valence-corrected chi connectivity index (χ1v) is 8.76. The highest BCUT2D eigenvalue weighted by Crippen LogP contribution is 2.22. The number of nitrogens with one attached hydrogen (secondary N) is 1. The number of benzene rings is 1. The number of alkyl carbamates (subject to hydrolysis) is 1. The fourth-order valence-corrected chi connectivity index (χ4v) is 3.34. The minimum absolute atomic E-state index is 0.0419. The Morgan fingerprint density at radius 1 is 1.33 bits per heavy atom. The SMILES string of the molecule is CCOC(=O)NC(C(=O)N(C)Cc1nc2ccccc2s1)C(C)C. The summed E-state index contributed by atoms with van der Waals surface area (Å²) in [6.45, 7) is 6.18. The van der Waals surface area contributed by atoms with E-state index in [1.54, 1.807) is 30.2 Å². The Morgan fingerprint density at radius 3 is 2.67 bits per heavy atom. The Hall–Kier alpha value is -2.15. The van der Waals surface area contributed by atoms with Crippen molar-refractivity contribution < 1.29 is 14.3 Å². The Labute approximate surface area is 145 Å². The van der Waals surface area contributed by atoms with Gasteiger partial charge in [0.05, 0.1) is 23.4 Å². The molecular weight excluding hydrogens is 326 g/mol.